The summed E-state index contributed by atoms with van der Waals surface area (Å²) in [5, 5.41) is 14.4. The second kappa shape index (κ2) is 15.3. The number of carbonyl (C=O) groups is 4. The molecule has 0 bridgehead atoms. The second-order valence-electron chi connectivity index (χ2n) is 7.65. The number of carboxylic acid groups (broad SMARTS) is 1. The number of Topliss-reactive ketones (excluding diaryl/α,β-unsaturated/α-hetero) is 1. The Morgan fingerprint density at radius 2 is 1.72 bits per heavy atom. The van der Waals surface area contributed by atoms with Gasteiger partial charge in [-0.15, -0.1) is 0 Å². The van der Waals surface area contributed by atoms with Gasteiger partial charge in [0.05, 0.1) is 12.5 Å². The normalized spacial score (nSPS) is 12.6. The van der Waals surface area contributed by atoms with Gasteiger partial charge < -0.3 is 26.2 Å². The molecule has 0 saturated heterocycles. The van der Waals surface area contributed by atoms with Gasteiger partial charge in [-0.1, -0.05) is 30.3 Å². The zero-order chi connectivity index (χ0) is 23.9. The molecule has 0 spiro atoms. The summed E-state index contributed by atoms with van der Waals surface area (Å²) in [6.45, 7) is 0.476. The van der Waals surface area contributed by atoms with Gasteiger partial charge in [-0.25, -0.2) is 9.59 Å². The first-order valence-electron chi connectivity index (χ1n) is 10.5. The molecule has 9 nitrogen and oxygen atoms in total. The van der Waals surface area contributed by atoms with E-state index in [0.29, 0.717) is 25.1 Å². The molecule has 32 heavy (non-hydrogen) atoms. The Hall–Kier alpha value is -2.59. The van der Waals surface area contributed by atoms with Crippen LogP contribution in [0.4, 0.5) is 4.79 Å². The first kappa shape index (κ1) is 27.4. The molecule has 1 aromatic carbocycles. The Kier molecular flexibility index (Phi) is 13.1. The summed E-state index contributed by atoms with van der Waals surface area (Å²) in [6.07, 6.45) is 4.64. The molecule has 0 aliphatic rings. The van der Waals surface area contributed by atoms with Crippen LogP contribution in [0.1, 0.15) is 37.7 Å². The Morgan fingerprint density at radius 3 is 2.31 bits per heavy atom. The maximum absolute atomic E-state index is 12.7. The Morgan fingerprint density at radius 1 is 1.03 bits per heavy atom. The second-order valence-corrected chi connectivity index (χ2v) is 9.91. The lowest BCUT2D eigenvalue weighted by Crippen LogP contribution is -2.51. The minimum Gasteiger partial charge on any atom is -0.480 e. The van der Waals surface area contributed by atoms with Crippen molar-refractivity contribution in [1.82, 2.24) is 10.6 Å². The summed E-state index contributed by atoms with van der Waals surface area (Å²) in [7, 11) is -0.0727. The number of rotatable bonds is 15. The molecule has 0 radical (unpaired) electrons. The fourth-order valence-electron chi connectivity index (χ4n) is 2.90. The number of hydrogen-bond acceptors (Lipinski definition) is 6. The van der Waals surface area contributed by atoms with Gasteiger partial charge in [0.1, 0.15) is 18.7 Å². The van der Waals surface area contributed by atoms with E-state index in [4.69, 9.17) is 10.5 Å². The van der Waals surface area contributed by atoms with Gasteiger partial charge in [-0.3, -0.25) is 9.59 Å². The number of unbranched alkanes of at least 4 members (excludes halogenated alkanes) is 1. The summed E-state index contributed by atoms with van der Waals surface area (Å²) in [6, 6.07) is 6.89. The highest BCUT2D eigenvalue weighted by Gasteiger charge is 2.27. The van der Waals surface area contributed by atoms with E-state index in [0.717, 1.165) is 5.56 Å². The highest BCUT2D eigenvalue weighted by molar-refractivity contribution is 7.96. The summed E-state index contributed by atoms with van der Waals surface area (Å²) in [5.74, 6) is -1.52. The Bertz CT molecular complexity index is 744. The van der Waals surface area contributed by atoms with Crippen LogP contribution in [0.2, 0.25) is 0 Å². The summed E-state index contributed by atoms with van der Waals surface area (Å²) in [4.78, 5) is 48.4. The molecule has 0 fully saturated rings. The number of benzene rings is 1. The van der Waals surface area contributed by atoms with Gasteiger partial charge in [-0.2, -0.15) is 0 Å². The van der Waals surface area contributed by atoms with E-state index in [9.17, 15) is 24.3 Å². The minimum atomic E-state index is -1.23. The number of aliphatic carboxylic acids is 1. The van der Waals surface area contributed by atoms with Crippen molar-refractivity contribution in [3.8, 4) is 0 Å². The summed E-state index contributed by atoms with van der Waals surface area (Å²) in [5.41, 5.74) is 6.30. The highest BCUT2D eigenvalue weighted by Crippen LogP contribution is 2.07. The minimum absolute atomic E-state index is 0.00885. The van der Waals surface area contributed by atoms with Crippen LogP contribution < -0.4 is 16.4 Å². The molecule has 5 N–H and O–H groups in total. The lowest BCUT2D eigenvalue weighted by atomic mass is 10.1. The number of amides is 2. The molecule has 2 atom stereocenters. The lowest BCUT2D eigenvalue weighted by Gasteiger charge is -2.21. The van der Waals surface area contributed by atoms with Crippen molar-refractivity contribution in [3.63, 3.8) is 0 Å². The molecule has 0 heterocycles. The fraction of sp³-hybridized carbons (Fsp3) is 0.545. The SMILES string of the molecule is C[S+](C)CC(=O)CC[C@H](NC(=O)[C@H](CCCCN)NC(=O)OCc1ccccc1)C(=O)O. The van der Waals surface area contributed by atoms with Crippen molar-refractivity contribution in [2.75, 3.05) is 24.8 Å². The number of nitrogens with two attached hydrogens (primary N) is 1. The van der Waals surface area contributed by atoms with Crippen LogP contribution in [0.25, 0.3) is 0 Å². The van der Waals surface area contributed by atoms with Crippen molar-refractivity contribution >= 4 is 34.6 Å². The van der Waals surface area contributed by atoms with E-state index >= 15 is 0 Å². The molecule has 0 aliphatic carbocycles. The van der Waals surface area contributed by atoms with Crippen LogP contribution in [0.3, 0.4) is 0 Å². The smallest absolute Gasteiger partial charge is 0.408 e. The van der Waals surface area contributed by atoms with Crippen LogP contribution in [0.15, 0.2) is 30.3 Å². The fourth-order valence-corrected chi connectivity index (χ4v) is 3.69. The maximum Gasteiger partial charge on any atom is 0.408 e. The summed E-state index contributed by atoms with van der Waals surface area (Å²) >= 11 is 0. The quantitative estimate of drug-likeness (QED) is 0.223. The van der Waals surface area contributed by atoms with Gasteiger partial charge in [0.15, 0.2) is 11.5 Å². The van der Waals surface area contributed by atoms with E-state index in [2.05, 4.69) is 10.6 Å². The van der Waals surface area contributed by atoms with Gasteiger partial charge >= 0.3 is 12.1 Å². The van der Waals surface area contributed by atoms with Crippen LogP contribution in [0.5, 0.6) is 0 Å². The van der Waals surface area contributed by atoms with Crippen molar-refractivity contribution in [1.29, 1.82) is 0 Å². The van der Waals surface area contributed by atoms with Crippen molar-refractivity contribution in [3.05, 3.63) is 35.9 Å². The topological polar surface area (TPSA) is 148 Å². The van der Waals surface area contributed by atoms with Crippen molar-refractivity contribution < 1.29 is 29.0 Å². The number of ketones is 1. The first-order valence-corrected chi connectivity index (χ1v) is 12.7. The molecule has 0 saturated carbocycles. The molecule has 178 valence electrons. The number of alkyl carbamates (subject to hydrolysis) is 1. The Labute approximate surface area is 191 Å². The molecular formula is C22H34N3O6S+. The molecular weight excluding hydrogens is 434 g/mol. The van der Waals surface area contributed by atoms with E-state index in [1.54, 1.807) is 12.1 Å². The molecule has 0 aliphatic heterocycles. The van der Waals surface area contributed by atoms with Gasteiger partial charge in [0.25, 0.3) is 0 Å². The van der Waals surface area contributed by atoms with E-state index in [1.165, 1.54) is 0 Å². The predicted molar refractivity (Wildman–Crippen MR) is 124 cm³/mol. The van der Waals surface area contributed by atoms with Crippen molar-refractivity contribution in [2.24, 2.45) is 5.73 Å². The van der Waals surface area contributed by atoms with E-state index in [-0.39, 0.29) is 42.5 Å². The first-order chi connectivity index (χ1) is 15.2. The standard InChI is InChI=1S/C22H33N3O6S/c1-32(2)15-17(26)11-12-19(21(28)29)24-20(27)18(10-6-7-13-23)25-22(30)31-14-16-8-4-3-5-9-16/h3-5,8-9,18-19H,6-7,10-15,23H2,1-2H3,(H2-,24,25,27,28,29,30)/p+1/t18-,19-/m0/s1. The molecule has 1 aromatic rings. The average molecular weight is 469 g/mol. The predicted octanol–water partition coefficient (Wildman–Crippen LogP) is 1.21. The molecule has 1 rings (SSSR count). The van der Waals surface area contributed by atoms with Crippen molar-refractivity contribution in [2.45, 2.75) is 50.8 Å². The third-order valence-electron chi connectivity index (χ3n) is 4.54. The van der Waals surface area contributed by atoms with Crippen LogP contribution in [-0.4, -0.2) is 65.8 Å². The van der Waals surface area contributed by atoms with Crippen LogP contribution >= 0.6 is 0 Å². The third kappa shape index (κ3) is 11.7. The molecule has 0 unspecified atom stereocenters. The largest absolute Gasteiger partial charge is 0.480 e. The molecule has 0 aromatic heterocycles. The number of ether oxygens (including phenoxy) is 1. The van der Waals surface area contributed by atoms with Crippen LogP contribution in [0, 0.1) is 0 Å². The average Bonchev–Trinajstić information content (AvgIpc) is 2.74. The van der Waals surface area contributed by atoms with Gasteiger partial charge in [0.2, 0.25) is 5.91 Å². The monoisotopic (exact) mass is 468 g/mol. The zero-order valence-corrected chi connectivity index (χ0v) is 19.5. The van der Waals surface area contributed by atoms with E-state index in [1.807, 2.05) is 30.7 Å². The highest BCUT2D eigenvalue weighted by atomic mass is 32.2. The number of hydrogen-bond donors (Lipinski definition) is 4. The van der Waals surface area contributed by atoms with Gasteiger partial charge in [-0.05, 0) is 48.7 Å². The lowest BCUT2D eigenvalue weighted by molar-refractivity contribution is -0.142. The number of carbonyl (C=O) groups excluding carboxylic acids is 3. The van der Waals surface area contributed by atoms with Crippen LogP contribution in [-0.2, 0) is 36.6 Å². The maximum atomic E-state index is 12.7. The zero-order valence-electron chi connectivity index (χ0n) is 18.7. The van der Waals surface area contributed by atoms with E-state index < -0.39 is 30.1 Å². The molecule has 2 amide bonds. The molecule has 10 heteroatoms. The Balaban J connectivity index is 2.68. The number of nitrogens with one attached hydrogen (secondary N) is 2. The summed E-state index contributed by atoms with van der Waals surface area (Å²) < 4.78 is 5.17. The van der Waals surface area contributed by atoms with Gasteiger partial charge in [0, 0.05) is 6.42 Å². The third-order valence-corrected chi connectivity index (χ3v) is 5.44. The number of carboxylic acids is 1.